The molecule has 0 fully saturated rings. The Bertz CT molecular complexity index is 1040. The summed E-state index contributed by atoms with van der Waals surface area (Å²) >= 11 is 0. The van der Waals surface area contributed by atoms with Crippen LogP contribution in [0.15, 0.2) is 72.9 Å². The van der Waals surface area contributed by atoms with Crippen molar-refractivity contribution in [3.05, 3.63) is 72.9 Å². The Labute approximate surface area is 312 Å². The Morgan fingerprint density at radius 2 is 1.14 bits per heavy atom. The third kappa shape index (κ3) is 39.0. The van der Waals surface area contributed by atoms with Gasteiger partial charge >= 0.3 is 13.8 Å². The van der Waals surface area contributed by atoms with Gasteiger partial charge in [-0.05, 0) is 64.2 Å². The number of hydrogen-bond acceptors (Lipinski definition) is 6. The molecule has 9 heteroatoms. The summed E-state index contributed by atoms with van der Waals surface area (Å²) in [5, 5.41) is 0. The molecule has 0 amide bonds. The fourth-order valence-electron chi connectivity index (χ4n) is 4.73. The molecule has 294 valence electrons. The van der Waals surface area contributed by atoms with Gasteiger partial charge in [0, 0.05) is 13.0 Å². The first-order valence-corrected chi connectivity index (χ1v) is 21.2. The summed E-state index contributed by atoms with van der Waals surface area (Å²) in [5.74, 6) is -0.360. The molecule has 0 aliphatic rings. The number of nitrogens with zero attached hydrogens (tertiary/aromatic N) is 1. The van der Waals surface area contributed by atoms with Gasteiger partial charge in [-0.15, -0.1) is 0 Å². The Morgan fingerprint density at radius 3 is 1.67 bits per heavy atom. The van der Waals surface area contributed by atoms with Gasteiger partial charge in [-0.3, -0.25) is 13.8 Å². The number of quaternary nitrogens is 1. The molecular weight excluding hydrogens is 661 g/mol. The standard InChI is InChI=1S/C42H74NO7P/c1-6-8-10-12-14-16-17-18-19-20-21-22-23-24-25-26-27-28-29-31-33-35-42(44)50-41(39-47-37-34-32-30-15-13-11-9-7-2)40-49-51(45,46)48-38-36-43(3,4)5/h8,10,14,16,18-19,21-22,24-25,27-28,41H,6-7,9,11-13,15,17,20,23,26,29-40H2,1-5H3/p+1/b10-8-,16-14-,19-18-,22-21-,25-24-,28-27-. The highest BCUT2D eigenvalue weighted by atomic mass is 31.2. The van der Waals surface area contributed by atoms with E-state index in [0.717, 1.165) is 64.2 Å². The normalized spacial score (nSPS) is 14.7. The molecule has 0 aromatic rings. The van der Waals surface area contributed by atoms with Crippen LogP contribution in [0.25, 0.3) is 0 Å². The van der Waals surface area contributed by atoms with Crippen LogP contribution in [-0.4, -0.2) is 75.6 Å². The van der Waals surface area contributed by atoms with E-state index in [1.165, 1.54) is 38.5 Å². The van der Waals surface area contributed by atoms with E-state index in [1.54, 1.807) is 0 Å². The number of rotatable bonds is 35. The molecule has 0 aromatic heterocycles. The average Bonchev–Trinajstić information content (AvgIpc) is 3.08. The molecular formula is C42H75NO7P+. The number of carbonyl (C=O) groups excluding carboxylic acids is 1. The van der Waals surface area contributed by atoms with E-state index in [0.29, 0.717) is 24.1 Å². The Kier molecular flexibility index (Phi) is 33.6. The van der Waals surface area contributed by atoms with E-state index in [4.69, 9.17) is 18.5 Å². The van der Waals surface area contributed by atoms with Crippen LogP contribution < -0.4 is 0 Å². The molecule has 51 heavy (non-hydrogen) atoms. The number of ether oxygens (including phenoxy) is 2. The molecule has 2 atom stereocenters. The SMILES string of the molecule is CC/C=C\C/C=C\C/C=C\C/C=C\C/C=C\C/C=C\CCCCC(=O)OC(COCCCCCCCCCC)COP(=O)(O)OCC[N+](C)(C)C. The Hall–Kier alpha value is -2.06. The van der Waals surface area contributed by atoms with Gasteiger partial charge in [0.05, 0.1) is 34.4 Å². The van der Waals surface area contributed by atoms with Crippen molar-refractivity contribution in [3.63, 3.8) is 0 Å². The number of hydrogen-bond donors (Lipinski definition) is 1. The highest BCUT2D eigenvalue weighted by Gasteiger charge is 2.26. The maximum absolute atomic E-state index is 12.6. The van der Waals surface area contributed by atoms with Gasteiger partial charge in [0.2, 0.25) is 0 Å². The van der Waals surface area contributed by atoms with Crippen LogP contribution in [0.2, 0.25) is 0 Å². The van der Waals surface area contributed by atoms with Crippen molar-refractivity contribution in [2.24, 2.45) is 0 Å². The predicted octanol–water partition coefficient (Wildman–Crippen LogP) is 11.2. The summed E-state index contributed by atoms with van der Waals surface area (Å²) in [4.78, 5) is 22.7. The number of likely N-dealkylation sites (N-methyl/N-ethyl adjacent to an activating group) is 1. The van der Waals surface area contributed by atoms with Gasteiger partial charge in [-0.2, -0.15) is 0 Å². The molecule has 0 heterocycles. The van der Waals surface area contributed by atoms with Crippen LogP contribution in [0.5, 0.6) is 0 Å². The van der Waals surface area contributed by atoms with Crippen molar-refractivity contribution in [1.29, 1.82) is 0 Å². The molecule has 0 saturated carbocycles. The van der Waals surface area contributed by atoms with Crippen molar-refractivity contribution in [2.45, 2.75) is 136 Å². The smallest absolute Gasteiger partial charge is 0.457 e. The lowest BCUT2D eigenvalue weighted by molar-refractivity contribution is -0.870. The van der Waals surface area contributed by atoms with Crippen molar-refractivity contribution >= 4 is 13.8 Å². The van der Waals surface area contributed by atoms with Crippen LogP contribution in [0.3, 0.4) is 0 Å². The van der Waals surface area contributed by atoms with Gasteiger partial charge < -0.3 is 18.9 Å². The molecule has 0 radical (unpaired) electrons. The molecule has 0 aromatic carbocycles. The molecule has 0 aliphatic heterocycles. The van der Waals surface area contributed by atoms with E-state index in [9.17, 15) is 14.3 Å². The molecule has 8 nitrogen and oxygen atoms in total. The quantitative estimate of drug-likeness (QED) is 0.0228. The van der Waals surface area contributed by atoms with Gasteiger partial charge in [0.15, 0.2) is 0 Å². The van der Waals surface area contributed by atoms with Crippen LogP contribution in [-0.2, 0) is 27.9 Å². The summed E-state index contributed by atoms with van der Waals surface area (Å²) in [6, 6.07) is 0. The Balaban J connectivity index is 4.33. The van der Waals surface area contributed by atoms with Crippen molar-refractivity contribution in [3.8, 4) is 0 Å². The van der Waals surface area contributed by atoms with Crippen LogP contribution in [0.4, 0.5) is 0 Å². The maximum atomic E-state index is 12.6. The van der Waals surface area contributed by atoms with Gasteiger partial charge in [-0.25, -0.2) is 4.57 Å². The lowest BCUT2D eigenvalue weighted by atomic mass is 10.1. The molecule has 0 aliphatic carbocycles. The summed E-state index contributed by atoms with van der Waals surface area (Å²) in [6.07, 6.45) is 43.7. The highest BCUT2D eigenvalue weighted by Crippen LogP contribution is 2.43. The van der Waals surface area contributed by atoms with E-state index < -0.39 is 13.9 Å². The lowest BCUT2D eigenvalue weighted by Crippen LogP contribution is -2.37. The number of phosphoric acid groups is 1. The maximum Gasteiger partial charge on any atom is 0.472 e. The number of carbonyl (C=O) groups is 1. The third-order valence-electron chi connectivity index (χ3n) is 7.78. The minimum absolute atomic E-state index is 0.0768. The van der Waals surface area contributed by atoms with E-state index in [2.05, 4.69) is 86.8 Å². The molecule has 0 bridgehead atoms. The number of unbranched alkanes of at least 4 members (excludes halogenated alkanes) is 9. The van der Waals surface area contributed by atoms with Crippen LogP contribution >= 0.6 is 7.82 Å². The van der Waals surface area contributed by atoms with Crippen molar-refractivity contribution < 1.29 is 37.3 Å². The zero-order chi connectivity index (χ0) is 37.7. The zero-order valence-electron chi connectivity index (χ0n) is 33.1. The molecule has 0 spiro atoms. The van der Waals surface area contributed by atoms with E-state index in [1.807, 2.05) is 21.1 Å². The average molecular weight is 737 g/mol. The fourth-order valence-corrected chi connectivity index (χ4v) is 5.47. The number of allylic oxidation sites excluding steroid dienone is 12. The minimum atomic E-state index is -4.28. The summed E-state index contributed by atoms with van der Waals surface area (Å²) in [6.45, 7) is 5.39. The topological polar surface area (TPSA) is 91.3 Å². The fraction of sp³-hybridized carbons (Fsp3) is 0.690. The van der Waals surface area contributed by atoms with Crippen LogP contribution in [0, 0.1) is 0 Å². The number of phosphoric ester groups is 1. The van der Waals surface area contributed by atoms with E-state index >= 15 is 0 Å². The molecule has 2 unspecified atom stereocenters. The van der Waals surface area contributed by atoms with Crippen LogP contribution in [0.1, 0.15) is 129 Å². The molecule has 1 N–H and O–H groups in total. The van der Waals surface area contributed by atoms with Gasteiger partial charge in [0.1, 0.15) is 19.3 Å². The molecule has 0 rings (SSSR count). The monoisotopic (exact) mass is 737 g/mol. The van der Waals surface area contributed by atoms with Gasteiger partial charge in [0.25, 0.3) is 0 Å². The zero-order valence-corrected chi connectivity index (χ0v) is 34.0. The van der Waals surface area contributed by atoms with Crippen molar-refractivity contribution in [2.75, 3.05) is 54.1 Å². The van der Waals surface area contributed by atoms with Gasteiger partial charge in [-0.1, -0.05) is 132 Å². The summed E-state index contributed by atoms with van der Waals surface area (Å²) in [5.41, 5.74) is 0. The second-order valence-corrected chi connectivity index (χ2v) is 15.4. The first-order chi connectivity index (χ1) is 24.6. The minimum Gasteiger partial charge on any atom is -0.457 e. The largest absolute Gasteiger partial charge is 0.472 e. The highest BCUT2D eigenvalue weighted by molar-refractivity contribution is 7.47. The first-order valence-electron chi connectivity index (χ1n) is 19.7. The predicted molar refractivity (Wildman–Crippen MR) is 215 cm³/mol. The second-order valence-electron chi connectivity index (χ2n) is 13.9. The summed E-state index contributed by atoms with van der Waals surface area (Å²) < 4.78 is 34.7. The first kappa shape index (κ1) is 48.9. The van der Waals surface area contributed by atoms with Crippen molar-refractivity contribution in [1.82, 2.24) is 0 Å². The third-order valence-corrected chi connectivity index (χ3v) is 8.77. The lowest BCUT2D eigenvalue weighted by Gasteiger charge is -2.24. The molecule has 0 saturated heterocycles. The second kappa shape index (κ2) is 35.0. The van der Waals surface area contributed by atoms with E-state index in [-0.39, 0.29) is 32.2 Å². The summed E-state index contributed by atoms with van der Waals surface area (Å²) in [7, 11) is 1.62. The Morgan fingerprint density at radius 1 is 0.627 bits per heavy atom. The number of esters is 1.